The summed E-state index contributed by atoms with van der Waals surface area (Å²) in [6.45, 7) is 8.74. The number of esters is 1. The van der Waals surface area contributed by atoms with E-state index < -0.39 is 71.9 Å². The molecule has 5 rings (SSSR count). The van der Waals surface area contributed by atoms with Crippen molar-refractivity contribution in [2.45, 2.75) is 109 Å². The van der Waals surface area contributed by atoms with Crippen LogP contribution >= 0.6 is 0 Å². The molecule has 4 amide bonds. The van der Waals surface area contributed by atoms with Crippen LogP contribution in [0, 0.1) is 5.92 Å². The van der Waals surface area contributed by atoms with Crippen molar-refractivity contribution < 1.29 is 43.3 Å². The number of rotatable bonds is 21. The van der Waals surface area contributed by atoms with Crippen LogP contribution in [-0.2, 0) is 39.9 Å². The molecule has 4 aromatic rings. The second-order valence-electron chi connectivity index (χ2n) is 17.0. The maximum absolute atomic E-state index is 14.4. The second-order valence-corrected chi connectivity index (χ2v) is 17.0. The normalized spacial score (nSPS) is 14.4. The maximum Gasteiger partial charge on any atom is 0.407 e. The van der Waals surface area contributed by atoms with Gasteiger partial charge in [0.1, 0.15) is 36.4 Å². The van der Waals surface area contributed by atoms with Crippen molar-refractivity contribution in [3.63, 3.8) is 0 Å². The van der Waals surface area contributed by atoms with Crippen LogP contribution in [-0.4, -0.2) is 94.7 Å². The smallest absolute Gasteiger partial charge is 0.407 e. The number of aliphatic imine (C=N–C) groups is 1. The molecule has 10 N–H and O–H groups in total. The number of nitrogens with one attached hydrogen (secondary N) is 5. The number of guanidine groups is 1. The van der Waals surface area contributed by atoms with Gasteiger partial charge in [0.2, 0.25) is 17.7 Å². The summed E-state index contributed by atoms with van der Waals surface area (Å²) in [6.07, 6.45) is 0.690. The lowest BCUT2D eigenvalue weighted by molar-refractivity contribution is -0.160. The van der Waals surface area contributed by atoms with Crippen molar-refractivity contribution in [1.82, 2.24) is 26.3 Å². The van der Waals surface area contributed by atoms with Gasteiger partial charge < -0.3 is 52.3 Å². The molecule has 0 radical (unpaired) electrons. The van der Waals surface area contributed by atoms with Crippen LogP contribution in [0.4, 0.5) is 4.79 Å². The number of carboxylic acid groups (broad SMARTS) is 1. The van der Waals surface area contributed by atoms with Crippen molar-refractivity contribution >= 4 is 52.6 Å². The van der Waals surface area contributed by atoms with Crippen LogP contribution in [0.5, 0.6) is 0 Å². The highest BCUT2D eigenvalue weighted by Gasteiger charge is 2.36. The van der Waals surface area contributed by atoms with Crippen molar-refractivity contribution in [3.05, 3.63) is 95.7 Å². The fourth-order valence-corrected chi connectivity index (χ4v) is 7.65. The number of alkyl carbamates (subject to hydrolysis) is 1. The Hall–Kier alpha value is -6.91. The minimum atomic E-state index is -1.43. The largest absolute Gasteiger partial charge is 0.481 e. The third-order valence-corrected chi connectivity index (χ3v) is 11.1. The molecule has 0 aliphatic heterocycles. The van der Waals surface area contributed by atoms with Crippen molar-refractivity contribution in [2.24, 2.45) is 22.4 Å². The number of hydrogen-bond acceptors (Lipinski definition) is 9. The van der Waals surface area contributed by atoms with Gasteiger partial charge in [-0.15, -0.1) is 0 Å². The van der Waals surface area contributed by atoms with Crippen molar-refractivity contribution in [2.75, 3.05) is 13.2 Å². The van der Waals surface area contributed by atoms with E-state index in [9.17, 15) is 33.9 Å². The van der Waals surface area contributed by atoms with Gasteiger partial charge in [-0.2, -0.15) is 0 Å². The molecule has 64 heavy (non-hydrogen) atoms. The number of para-hydroxylation sites is 1. The van der Waals surface area contributed by atoms with E-state index in [0.717, 1.165) is 33.2 Å². The SMILES string of the molecule is CC[C@H](C)[C@H](NC(=O)[C@H](CCC(=O)O)NC(=O)[C@H](CCCN=C(N)N)NC(=O)[C@H](Cc1c[nH]c2ccccc12)NC(=O)OCC1c2ccccc2-c2ccccc21)C(=O)OC(C)(C)C. The predicted octanol–water partition coefficient (Wildman–Crippen LogP) is 4.38. The quantitative estimate of drug-likeness (QED) is 0.0252. The van der Waals surface area contributed by atoms with E-state index in [1.165, 1.54) is 0 Å². The third-order valence-electron chi connectivity index (χ3n) is 11.1. The molecular formula is C47H60N8O9. The Bertz CT molecular complexity index is 2290. The molecule has 0 saturated heterocycles. The highest BCUT2D eigenvalue weighted by Crippen LogP contribution is 2.44. The van der Waals surface area contributed by atoms with Gasteiger partial charge in [0.05, 0.1) is 0 Å². The first kappa shape index (κ1) is 48.1. The zero-order valence-electron chi connectivity index (χ0n) is 36.9. The lowest BCUT2D eigenvalue weighted by Crippen LogP contribution is -2.58. The van der Waals surface area contributed by atoms with Crippen LogP contribution in [0.25, 0.3) is 22.0 Å². The van der Waals surface area contributed by atoms with Crippen LogP contribution in [0.3, 0.4) is 0 Å². The van der Waals surface area contributed by atoms with Crippen molar-refractivity contribution in [3.8, 4) is 11.1 Å². The van der Waals surface area contributed by atoms with E-state index in [0.29, 0.717) is 12.0 Å². The molecule has 5 atom stereocenters. The standard InChI is InChI=1S/C47H60N8O9/c1-6-27(2)40(44(61)64-47(3,4)5)55-42(59)37(21-22-39(56)57)53-41(58)36(20-13-23-50-45(48)49)52-43(60)38(24-28-25-51-35-19-12-11-14-29(28)35)54-46(62)63-26-34-32-17-9-7-15-30(32)31-16-8-10-18-33(31)34/h7-12,14-19,25,27,34,36-38,40,51H,6,13,20-24,26H2,1-5H3,(H,52,60)(H,53,58)(H,54,62)(H,55,59)(H,56,57)(H4,48,49,50)/t27-,36-,37-,38-,40-/m0/s1. The first-order chi connectivity index (χ1) is 30.4. The topological polar surface area (TPSA) is 269 Å². The number of amides is 4. The number of hydrogen-bond donors (Lipinski definition) is 8. The van der Waals surface area contributed by atoms with Gasteiger partial charge in [-0.1, -0.05) is 87.0 Å². The first-order valence-corrected chi connectivity index (χ1v) is 21.5. The molecule has 17 heteroatoms. The number of carbonyl (C=O) groups is 6. The van der Waals surface area contributed by atoms with Gasteiger partial charge in [-0.3, -0.25) is 24.2 Å². The lowest BCUT2D eigenvalue weighted by Gasteiger charge is -2.29. The number of aliphatic carboxylic acids is 1. The number of aromatic amines is 1. The van der Waals surface area contributed by atoms with E-state index in [2.05, 4.69) is 31.2 Å². The Labute approximate surface area is 372 Å². The highest BCUT2D eigenvalue weighted by atomic mass is 16.6. The number of aromatic nitrogens is 1. The fourth-order valence-electron chi connectivity index (χ4n) is 7.65. The van der Waals surface area contributed by atoms with Gasteiger partial charge in [0, 0.05) is 42.4 Å². The molecular weight excluding hydrogens is 821 g/mol. The molecule has 1 aliphatic rings. The summed E-state index contributed by atoms with van der Waals surface area (Å²) in [7, 11) is 0. The summed E-state index contributed by atoms with van der Waals surface area (Å²) in [5.74, 6) is -5.09. The third kappa shape index (κ3) is 13.1. The van der Waals surface area contributed by atoms with Gasteiger partial charge in [-0.05, 0) is 79.8 Å². The Morgan fingerprint density at radius 1 is 0.797 bits per heavy atom. The van der Waals surface area contributed by atoms with E-state index in [1.54, 1.807) is 33.9 Å². The molecule has 342 valence electrons. The van der Waals surface area contributed by atoms with E-state index in [-0.39, 0.29) is 56.6 Å². The van der Waals surface area contributed by atoms with E-state index in [1.807, 2.05) is 79.7 Å². The number of fused-ring (bicyclic) bond motifs is 4. The monoisotopic (exact) mass is 880 g/mol. The summed E-state index contributed by atoms with van der Waals surface area (Å²) in [5.41, 5.74) is 15.8. The number of H-pyrrole nitrogens is 1. The number of carboxylic acids is 1. The summed E-state index contributed by atoms with van der Waals surface area (Å²) in [4.78, 5) is 88.3. The highest BCUT2D eigenvalue weighted by molar-refractivity contribution is 5.95. The summed E-state index contributed by atoms with van der Waals surface area (Å²) in [6, 6.07) is 18.1. The Balaban J connectivity index is 1.38. The molecule has 1 aromatic heterocycles. The number of benzene rings is 3. The Morgan fingerprint density at radius 3 is 1.98 bits per heavy atom. The molecule has 0 saturated carbocycles. The Kier molecular flexibility index (Phi) is 16.5. The number of ether oxygens (including phenoxy) is 2. The zero-order valence-corrected chi connectivity index (χ0v) is 36.9. The second kappa shape index (κ2) is 21.9. The number of nitrogens with two attached hydrogens (primary N) is 2. The van der Waals surface area contributed by atoms with E-state index in [4.69, 9.17) is 20.9 Å². The molecule has 17 nitrogen and oxygen atoms in total. The number of nitrogens with zero attached hydrogens (tertiary/aromatic N) is 1. The summed E-state index contributed by atoms with van der Waals surface area (Å²) >= 11 is 0. The minimum absolute atomic E-state index is 0.00626. The van der Waals surface area contributed by atoms with E-state index >= 15 is 0 Å². The van der Waals surface area contributed by atoms with Crippen molar-refractivity contribution in [1.29, 1.82) is 0 Å². The molecule has 0 bridgehead atoms. The van der Waals surface area contributed by atoms with Gasteiger partial charge in [0.15, 0.2) is 5.96 Å². The fraction of sp³-hybridized carbons (Fsp3) is 0.426. The average molecular weight is 881 g/mol. The Morgan fingerprint density at radius 2 is 1.38 bits per heavy atom. The van der Waals surface area contributed by atoms with Crippen LogP contribution in [0.1, 0.15) is 89.3 Å². The first-order valence-electron chi connectivity index (χ1n) is 21.5. The molecule has 3 aromatic carbocycles. The predicted molar refractivity (Wildman–Crippen MR) is 242 cm³/mol. The summed E-state index contributed by atoms with van der Waals surface area (Å²) in [5, 5.41) is 21.1. The van der Waals surface area contributed by atoms with Crippen LogP contribution < -0.4 is 32.7 Å². The lowest BCUT2D eigenvalue weighted by atomic mass is 9.98. The molecule has 0 unspecified atom stereocenters. The van der Waals surface area contributed by atoms with Crippen LogP contribution in [0.15, 0.2) is 84.0 Å². The molecule has 1 aliphatic carbocycles. The molecule has 1 heterocycles. The molecule has 0 fully saturated rings. The average Bonchev–Trinajstić information content (AvgIpc) is 3.81. The van der Waals surface area contributed by atoms with Crippen LogP contribution in [0.2, 0.25) is 0 Å². The summed E-state index contributed by atoms with van der Waals surface area (Å²) < 4.78 is 11.4. The van der Waals surface area contributed by atoms with Gasteiger partial charge in [-0.25, -0.2) is 9.59 Å². The van der Waals surface area contributed by atoms with Gasteiger partial charge >= 0.3 is 18.0 Å². The minimum Gasteiger partial charge on any atom is -0.481 e. The maximum atomic E-state index is 14.4. The number of carbonyl (C=O) groups excluding carboxylic acids is 5. The van der Waals surface area contributed by atoms with Gasteiger partial charge in [0.25, 0.3) is 0 Å². The molecule has 0 spiro atoms. The zero-order chi connectivity index (χ0) is 46.6.